The zero-order valence-electron chi connectivity index (χ0n) is 17.4. The Balaban J connectivity index is 1.36. The molecule has 1 N–H and O–H groups in total. The van der Waals surface area contributed by atoms with Crippen LogP contribution in [0.4, 0.5) is 14.9 Å². The molecule has 4 rings (SSSR count). The minimum atomic E-state index is -0.329. The highest BCUT2D eigenvalue weighted by Gasteiger charge is 2.39. The van der Waals surface area contributed by atoms with Crippen LogP contribution >= 0.6 is 0 Å². The number of nitrogens with one attached hydrogen (secondary N) is 1. The second-order valence-electron chi connectivity index (χ2n) is 8.39. The van der Waals surface area contributed by atoms with Gasteiger partial charge in [-0.05, 0) is 43.0 Å². The van der Waals surface area contributed by atoms with Gasteiger partial charge in [0.15, 0.2) is 0 Å². The monoisotopic (exact) mass is 418 g/mol. The van der Waals surface area contributed by atoms with E-state index in [4.69, 9.17) is 4.74 Å². The number of piperazine rings is 1. The molecule has 1 aromatic carbocycles. The number of carbonyl (C=O) groups excluding carboxylic acids is 2. The molecule has 1 aromatic rings. The number of morpholine rings is 1. The number of hydrogen-bond donors (Lipinski definition) is 1. The zero-order chi connectivity index (χ0) is 20.9. The van der Waals surface area contributed by atoms with E-state index in [0.717, 1.165) is 12.8 Å². The van der Waals surface area contributed by atoms with Crippen molar-refractivity contribution in [3.63, 3.8) is 0 Å². The number of amides is 3. The minimum Gasteiger partial charge on any atom is -0.378 e. The highest BCUT2D eigenvalue weighted by Crippen LogP contribution is 2.32. The second-order valence-corrected chi connectivity index (χ2v) is 8.39. The lowest BCUT2D eigenvalue weighted by atomic mass is 9.94. The van der Waals surface area contributed by atoms with Crippen LogP contribution in [-0.4, -0.2) is 85.2 Å². The van der Waals surface area contributed by atoms with Gasteiger partial charge in [0.1, 0.15) is 5.82 Å². The Bertz CT molecular complexity index is 724. The van der Waals surface area contributed by atoms with E-state index in [1.165, 1.54) is 25.0 Å². The molecule has 1 saturated carbocycles. The van der Waals surface area contributed by atoms with Crippen molar-refractivity contribution in [2.24, 2.45) is 5.92 Å². The summed E-state index contributed by atoms with van der Waals surface area (Å²) in [6, 6.07) is 5.50. The van der Waals surface area contributed by atoms with Gasteiger partial charge in [-0.3, -0.25) is 9.69 Å². The van der Waals surface area contributed by atoms with Gasteiger partial charge in [-0.25, -0.2) is 9.18 Å². The smallest absolute Gasteiger partial charge is 0.321 e. The molecule has 0 aromatic heterocycles. The van der Waals surface area contributed by atoms with Crippen molar-refractivity contribution >= 4 is 17.6 Å². The van der Waals surface area contributed by atoms with E-state index in [1.807, 2.05) is 4.90 Å². The Kier molecular flexibility index (Phi) is 6.84. The third-order valence-corrected chi connectivity index (χ3v) is 6.51. The summed E-state index contributed by atoms with van der Waals surface area (Å²) in [5, 5.41) is 2.83. The SMILES string of the molecule is O=C(Nc1ccc(F)cc1)N1CCN([C@@H](C(=O)N2CCOCC2)C2CCCC2)CC1. The van der Waals surface area contributed by atoms with Crippen molar-refractivity contribution in [3.05, 3.63) is 30.1 Å². The molecule has 3 amide bonds. The first-order valence-corrected chi connectivity index (χ1v) is 11.0. The lowest BCUT2D eigenvalue weighted by Crippen LogP contribution is -2.59. The Hall–Kier alpha value is -2.19. The number of ether oxygens (including phenoxy) is 1. The number of nitrogens with zero attached hydrogens (tertiary/aromatic N) is 3. The van der Waals surface area contributed by atoms with Crippen LogP contribution in [-0.2, 0) is 9.53 Å². The number of halogens is 1. The van der Waals surface area contributed by atoms with Gasteiger partial charge in [0.25, 0.3) is 0 Å². The van der Waals surface area contributed by atoms with Crippen LogP contribution < -0.4 is 5.32 Å². The van der Waals surface area contributed by atoms with Crippen LogP contribution in [0.5, 0.6) is 0 Å². The molecule has 1 atom stereocenters. The molecule has 2 heterocycles. The predicted octanol–water partition coefficient (Wildman–Crippen LogP) is 2.39. The summed E-state index contributed by atoms with van der Waals surface area (Å²) in [6.45, 7) is 5.09. The first-order chi connectivity index (χ1) is 14.6. The lowest BCUT2D eigenvalue weighted by Gasteiger charge is -2.42. The summed E-state index contributed by atoms with van der Waals surface area (Å²) in [4.78, 5) is 32.0. The average Bonchev–Trinajstić information content (AvgIpc) is 3.31. The van der Waals surface area contributed by atoms with Crippen molar-refractivity contribution in [3.8, 4) is 0 Å². The van der Waals surface area contributed by atoms with Gasteiger partial charge >= 0.3 is 6.03 Å². The number of hydrogen-bond acceptors (Lipinski definition) is 4. The van der Waals surface area contributed by atoms with Gasteiger partial charge in [-0.2, -0.15) is 0 Å². The van der Waals surface area contributed by atoms with E-state index in [1.54, 1.807) is 17.0 Å². The van der Waals surface area contributed by atoms with E-state index in [2.05, 4.69) is 10.2 Å². The number of benzene rings is 1. The van der Waals surface area contributed by atoms with Crippen LogP contribution in [0.15, 0.2) is 24.3 Å². The molecular weight excluding hydrogens is 387 g/mol. The van der Waals surface area contributed by atoms with Crippen molar-refractivity contribution < 1.29 is 18.7 Å². The van der Waals surface area contributed by atoms with Crippen molar-refractivity contribution in [2.45, 2.75) is 31.7 Å². The molecule has 0 radical (unpaired) electrons. The van der Waals surface area contributed by atoms with Crippen LogP contribution in [0.1, 0.15) is 25.7 Å². The zero-order valence-corrected chi connectivity index (χ0v) is 17.4. The summed E-state index contributed by atoms with van der Waals surface area (Å²) in [5.74, 6) is 0.304. The third-order valence-electron chi connectivity index (χ3n) is 6.51. The Morgan fingerprint density at radius 1 is 0.933 bits per heavy atom. The predicted molar refractivity (Wildman–Crippen MR) is 112 cm³/mol. The van der Waals surface area contributed by atoms with E-state index in [-0.39, 0.29) is 23.8 Å². The van der Waals surface area contributed by atoms with Crippen molar-refractivity contribution in [1.82, 2.24) is 14.7 Å². The van der Waals surface area contributed by atoms with Crippen LogP contribution in [0.3, 0.4) is 0 Å². The summed E-state index contributed by atoms with van der Waals surface area (Å²) >= 11 is 0. The molecule has 3 aliphatic rings. The van der Waals surface area contributed by atoms with Gasteiger partial charge in [-0.1, -0.05) is 12.8 Å². The quantitative estimate of drug-likeness (QED) is 0.816. The number of rotatable bonds is 4. The van der Waals surface area contributed by atoms with Gasteiger partial charge in [0.2, 0.25) is 5.91 Å². The Morgan fingerprint density at radius 2 is 1.57 bits per heavy atom. The van der Waals surface area contributed by atoms with E-state index in [9.17, 15) is 14.0 Å². The lowest BCUT2D eigenvalue weighted by molar-refractivity contribution is -0.144. The number of carbonyl (C=O) groups is 2. The van der Waals surface area contributed by atoms with Crippen LogP contribution in [0, 0.1) is 11.7 Å². The summed E-state index contributed by atoms with van der Waals surface area (Å²) in [5.41, 5.74) is 0.579. The summed E-state index contributed by atoms with van der Waals surface area (Å²) in [6.07, 6.45) is 4.59. The first kappa shape index (κ1) is 21.1. The number of urea groups is 1. The Morgan fingerprint density at radius 3 is 2.20 bits per heavy atom. The van der Waals surface area contributed by atoms with E-state index >= 15 is 0 Å². The molecule has 7 nitrogen and oxygen atoms in total. The standard InChI is InChI=1S/C22H31FN4O3/c23-18-5-7-19(8-6-18)24-22(29)27-11-9-25(10-12-27)20(17-3-1-2-4-17)21(28)26-13-15-30-16-14-26/h5-8,17,20H,1-4,9-16H2,(H,24,29)/t20-/m1/s1. The minimum absolute atomic E-state index is 0.0899. The molecule has 0 unspecified atom stereocenters. The molecule has 30 heavy (non-hydrogen) atoms. The molecule has 2 saturated heterocycles. The molecule has 0 bridgehead atoms. The highest BCUT2D eigenvalue weighted by atomic mass is 19.1. The van der Waals surface area contributed by atoms with Crippen molar-refractivity contribution in [1.29, 1.82) is 0 Å². The molecule has 164 valence electrons. The fourth-order valence-corrected chi connectivity index (χ4v) is 4.84. The van der Waals surface area contributed by atoms with E-state index < -0.39 is 0 Å². The molecule has 2 aliphatic heterocycles. The molecule has 8 heteroatoms. The van der Waals surface area contributed by atoms with Crippen molar-refractivity contribution in [2.75, 3.05) is 57.8 Å². The molecule has 3 fully saturated rings. The molecular formula is C22H31FN4O3. The van der Waals surface area contributed by atoms with E-state index in [0.29, 0.717) is 64.1 Å². The fraction of sp³-hybridized carbons (Fsp3) is 0.636. The Labute approximate surface area is 177 Å². The van der Waals surface area contributed by atoms with Gasteiger partial charge < -0.3 is 19.9 Å². The number of anilines is 1. The largest absolute Gasteiger partial charge is 0.378 e. The summed E-state index contributed by atoms with van der Waals surface area (Å²) in [7, 11) is 0. The maximum absolute atomic E-state index is 13.4. The molecule has 1 aliphatic carbocycles. The molecule has 0 spiro atoms. The third kappa shape index (κ3) is 4.92. The second kappa shape index (κ2) is 9.75. The normalized spacial score (nSPS) is 22.2. The first-order valence-electron chi connectivity index (χ1n) is 11.0. The van der Waals surface area contributed by atoms with Crippen LogP contribution in [0.25, 0.3) is 0 Å². The highest BCUT2D eigenvalue weighted by molar-refractivity contribution is 5.89. The maximum Gasteiger partial charge on any atom is 0.321 e. The van der Waals surface area contributed by atoms with Gasteiger partial charge in [-0.15, -0.1) is 0 Å². The van der Waals surface area contributed by atoms with Gasteiger partial charge in [0.05, 0.1) is 19.3 Å². The fourth-order valence-electron chi connectivity index (χ4n) is 4.84. The maximum atomic E-state index is 13.4. The van der Waals surface area contributed by atoms with Gasteiger partial charge in [0, 0.05) is 45.0 Å². The topological polar surface area (TPSA) is 65.1 Å². The average molecular weight is 419 g/mol. The summed E-state index contributed by atoms with van der Waals surface area (Å²) < 4.78 is 18.5. The van der Waals surface area contributed by atoms with Crippen LogP contribution in [0.2, 0.25) is 0 Å².